The predicted octanol–water partition coefficient (Wildman–Crippen LogP) is 3.04. The Balaban J connectivity index is 4.08. The van der Waals surface area contributed by atoms with Crippen LogP contribution in [0.3, 0.4) is 0 Å². The van der Waals surface area contributed by atoms with E-state index in [1.165, 1.54) is 6.92 Å². The fourth-order valence-electron chi connectivity index (χ4n) is 1.95. The topological polar surface area (TPSA) is 65.0 Å². The van der Waals surface area contributed by atoms with Crippen LogP contribution in [-0.4, -0.2) is 42.8 Å². The molecule has 0 aromatic heterocycles. The van der Waals surface area contributed by atoms with E-state index in [0.717, 1.165) is 19.3 Å². The number of hydrogen-bond acceptors (Lipinski definition) is 5. The Labute approximate surface area is 129 Å². The number of ether oxygens (including phenoxy) is 3. The zero-order valence-electron chi connectivity index (χ0n) is 14.0. The number of esters is 1. The highest BCUT2D eigenvalue weighted by molar-refractivity contribution is 5.66. The van der Waals surface area contributed by atoms with Crippen LogP contribution >= 0.6 is 0 Å². The molecule has 126 valence electrons. The minimum absolute atomic E-state index is 0.176. The number of carbonyl (C=O) groups is 1. The van der Waals surface area contributed by atoms with Gasteiger partial charge in [-0.2, -0.15) is 0 Å². The fourth-order valence-corrected chi connectivity index (χ4v) is 1.95. The first-order chi connectivity index (χ1) is 9.99. The molecule has 0 aliphatic rings. The van der Waals surface area contributed by atoms with Crippen LogP contribution < -0.4 is 0 Å². The highest BCUT2D eigenvalue weighted by Gasteiger charge is 2.15. The standard InChI is InChI=1S/C16H32O5/c1-5-7-16(19-11-6-2)20-12-10-15(21-14(4)18)9-8-13(3)17/h13,15-17H,5-12H2,1-4H3. The molecule has 3 unspecified atom stereocenters. The lowest BCUT2D eigenvalue weighted by Gasteiger charge is -2.21. The molecule has 0 amide bonds. The second kappa shape index (κ2) is 13.0. The molecular weight excluding hydrogens is 272 g/mol. The van der Waals surface area contributed by atoms with Crippen molar-refractivity contribution in [3.05, 3.63) is 0 Å². The summed E-state index contributed by atoms with van der Waals surface area (Å²) >= 11 is 0. The molecule has 0 bridgehead atoms. The Morgan fingerprint density at radius 3 is 2.19 bits per heavy atom. The van der Waals surface area contributed by atoms with E-state index in [2.05, 4.69) is 13.8 Å². The van der Waals surface area contributed by atoms with Crippen LogP contribution in [0.5, 0.6) is 0 Å². The summed E-state index contributed by atoms with van der Waals surface area (Å²) in [6.07, 6.45) is 3.96. The first-order valence-corrected chi connectivity index (χ1v) is 8.08. The molecule has 0 saturated carbocycles. The summed E-state index contributed by atoms with van der Waals surface area (Å²) in [6.45, 7) is 8.48. The molecule has 1 N–H and O–H groups in total. The van der Waals surface area contributed by atoms with Crippen LogP contribution in [0.1, 0.15) is 66.2 Å². The average Bonchev–Trinajstić information content (AvgIpc) is 2.41. The zero-order valence-corrected chi connectivity index (χ0v) is 14.0. The quantitative estimate of drug-likeness (QED) is 0.418. The number of rotatable bonds is 13. The maximum Gasteiger partial charge on any atom is 0.302 e. The predicted molar refractivity (Wildman–Crippen MR) is 82.0 cm³/mol. The lowest BCUT2D eigenvalue weighted by molar-refractivity contribution is -0.158. The van der Waals surface area contributed by atoms with Crippen molar-refractivity contribution < 1.29 is 24.1 Å². The van der Waals surface area contributed by atoms with E-state index in [1.807, 2.05) is 0 Å². The van der Waals surface area contributed by atoms with Gasteiger partial charge in [-0.1, -0.05) is 20.3 Å². The van der Waals surface area contributed by atoms with Gasteiger partial charge in [0.25, 0.3) is 0 Å². The van der Waals surface area contributed by atoms with Gasteiger partial charge in [0.05, 0.1) is 12.7 Å². The van der Waals surface area contributed by atoms with Gasteiger partial charge in [-0.15, -0.1) is 0 Å². The maximum atomic E-state index is 11.1. The Kier molecular flexibility index (Phi) is 12.6. The smallest absolute Gasteiger partial charge is 0.302 e. The van der Waals surface area contributed by atoms with E-state index in [9.17, 15) is 9.90 Å². The Morgan fingerprint density at radius 2 is 1.67 bits per heavy atom. The van der Waals surface area contributed by atoms with E-state index in [1.54, 1.807) is 6.92 Å². The third-order valence-electron chi connectivity index (χ3n) is 3.01. The molecule has 0 aliphatic heterocycles. The number of aliphatic hydroxyl groups is 1. The van der Waals surface area contributed by atoms with Crippen LogP contribution in [0.2, 0.25) is 0 Å². The molecule has 0 fully saturated rings. The van der Waals surface area contributed by atoms with Crippen molar-refractivity contribution in [1.29, 1.82) is 0 Å². The van der Waals surface area contributed by atoms with Crippen LogP contribution in [0, 0.1) is 0 Å². The second-order valence-electron chi connectivity index (χ2n) is 5.41. The van der Waals surface area contributed by atoms with E-state index < -0.39 is 0 Å². The second-order valence-corrected chi connectivity index (χ2v) is 5.41. The van der Waals surface area contributed by atoms with Gasteiger partial charge < -0.3 is 19.3 Å². The van der Waals surface area contributed by atoms with Gasteiger partial charge in [-0.3, -0.25) is 4.79 Å². The summed E-state index contributed by atoms with van der Waals surface area (Å²) in [5.74, 6) is -0.294. The average molecular weight is 304 g/mol. The molecular formula is C16H32O5. The van der Waals surface area contributed by atoms with Gasteiger partial charge in [0.2, 0.25) is 0 Å². The van der Waals surface area contributed by atoms with Crippen molar-refractivity contribution in [3.63, 3.8) is 0 Å². The number of carbonyl (C=O) groups excluding carboxylic acids is 1. The van der Waals surface area contributed by atoms with Gasteiger partial charge in [0, 0.05) is 20.0 Å². The summed E-state index contributed by atoms with van der Waals surface area (Å²) in [5.41, 5.74) is 0. The van der Waals surface area contributed by atoms with Crippen molar-refractivity contribution in [3.8, 4) is 0 Å². The fraction of sp³-hybridized carbons (Fsp3) is 0.938. The van der Waals surface area contributed by atoms with Gasteiger partial charge in [-0.05, 0) is 32.6 Å². The highest BCUT2D eigenvalue weighted by atomic mass is 16.7. The first-order valence-electron chi connectivity index (χ1n) is 8.08. The SMILES string of the molecule is CCCOC(CCC)OCCC(CCC(C)O)OC(C)=O. The maximum absolute atomic E-state index is 11.1. The van der Waals surface area contributed by atoms with Gasteiger partial charge in [0.1, 0.15) is 6.10 Å². The van der Waals surface area contributed by atoms with Crippen LogP contribution in [-0.2, 0) is 19.0 Å². The van der Waals surface area contributed by atoms with Crippen molar-refractivity contribution >= 4 is 5.97 Å². The summed E-state index contributed by atoms with van der Waals surface area (Å²) in [5, 5.41) is 9.32. The van der Waals surface area contributed by atoms with Gasteiger partial charge in [0.15, 0.2) is 6.29 Å². The van der Waals surface area contributed by atoms with Crippen molar-refractivity contribution in [2.45, 2.75) is 84.7 Å². The number of hydrogen-bond donors (Lipinski definition) is 1. The normalized spacial score (nSPS) is 15.5. The van der Waals surface area contributed by atoms with Gasteiger partial charge in [-0.25, -0.2) is 0 Å². The molecule has 0 spiro atoms. The lowest BCUT2D eigenvalue weighted by Crippen LogP contribution is -2.23. The van der Waals surface area contributed by atoms with Crippen molar-refractivity contribution in [2.24, 2.45) is 0 Å². The van der Waals surface area contributed by atoms with Gasteiger partial charge >= 0.3 is 5.97 Å². The number of aliphatic hydroxyl groups excluding tert-OH is 1. The Bertz CT molecular complexity index is 255. The Hall–Kier alpha value is -0.650. The monoisotopic (exact) mass is 304 g/mol. The molecule has 0 radical (unpaired) electrons. The minimum Gasteiger partial charge on any atom is -0.462 e. The molecule has 0 aromatic carbocycles. The van der Waals surface area contributed by atoms with Crippen molar-refractivity contribution in [1.82, 2.24) is 0 Å². The first kappa shape index (κ1) is 20.3. The van der Waals surface area contributed by atoms with E-state index in [-0.39, 0.29) is 24.5 Å². The Morgan fingerprint density at radius 1 is 1.00 bits per heavy atom. The summed E-state index contributed by atoms with van der Waals surface area (Å²) in [6, 6.07) is 0. The molecule has 3 atom stereocenters. The van der Waals surface area contributed by atoms with Crippen LogP contribution in [0.25, 0.3) is 0 Å². The van der Waals surface area contributed by atoms with E-state index in [4.69, 9.17) is 14.2 Å². The zero-order chi connectivity index (χ0) is 16.1. The highest BCUT2D eigenvalue weighted by Crippen LogP contribution is 2.12. The largest absolute Gasteiger partial charge is 0.462 e. The van der Waals surface area contributed by atoms with Crippen LogP contribution in [0.4, 0.5) is 0 Å². The third kappa shape index (κ3) is 12.8. The molecule has 5 nitrogen and oxygen atoms in total. The van der Waals surface area contributed by atoms with E-state index in [0.29, 0.717) is 32.5 Å². The summed E-state index contributed by atoms with van der Waals surface area (Å²) < 4.78 is 16.6. The summed E-state index contributed by atoms with van der Waals surface area (Å²) in [7, 11) is 0. The molecule has 5 heteroatoms. The van der Waals surface area contributed by atoms with Crippen LogP contribution in [0.15, 0.2) is 0 Å². The minimum atomic E-state index is -0.385. The molecule has 0 heterocycles. The lowest BCUT2D eigenvalue weighted by atomic mass is 10.1. The molecule has 0 saturated heterocycles. The molecule has 0 rings (SSSR count). The van der Waals surface area contributed by atoms with Crippen molar-refractivity contribution in [2.75, 3.05) is 13.2 Å². The third-order valence-corrected chi connectivity index (χ3v) is 3.01. The molecule has 21 heavy (non-hydrogen) atoms. The molecule has 0 aliphatic carbocycles. The van der Waals surface area contributed by atoms with E-state index >= 15 is 0 Å². The molecule has 0 aromatic rings. The summed E-state index contributed by atoms with van der Waals surface area (Å²) in [4.78, 5) is 11.1.